The van der Waals surface area contributed by atoms with Gasteiger partial charge >= 0.3 is 0 Å². The van der Waals surface area contributed by atoms with Crippen molar-refractivity contribution in [1.82, 2.24) is 5.43 Å². The maximum atomic E-state index is 11.7. The summed E-state index contributed by atoms with van der Waals surface area (Å²) in [6, 6.07) is 13.6. The van der Waals surface area contributed by atoms with E-state index in [0.29, 0.717) is 5.56 Å². The van der Waals surface area contributed by atoms with E-state index in [-0.39, 0.29) is 18.0 Å². The highest BCUT2D eigenvalue weighted by atomic mass is 16.6. The molecule has 0 aliphatic carbocycles. The molecule has 0 fully saturated rings. The number of non-ortho nitro benzene ring substituents is 1. The van der Waals surface area contributed by atoms with Crippen molar-refractivity contribution in [3.8, 4) is 0 Å². The Labute approximate surface area is 127 Å². The molecule has 0 aromatic heterocycles. The summed E-state index contributed by atoms with van der Waals surface area (Å²) in [5, 5.41) is 14.4. The molecule has 112 valence electrons. The fourth-order valence-electron chi connectivity index (χ4n) is 1.79. The van der Waals surface area contributed by atoms with Crippen LogP contribution < -0.4 is 5.43 Å². The van der Waals surface area contributed by atoms with Gasteiger partial charge in [0.1, 0.15) is 0 Å². The Morgan fingerprint density at radius 3 is 2.41 bits per heavy atom. The summed E-state index contributed by atoms with van der Waals surface area (Å²) in [7, 11) is 0. The Morgan fingerprint density at radius 1 is 1.18 bits per heavy atom. The van der Waals surface area contributed by atoms with Crippen LogP contribution in [0.25, 0.3) is 0 Å². The molecule has 0 radical (unpaired) electrons. The Morgan fingerprint density at radius 2 is 1.82 bits per heavy atom. The smallest absolute Gasteiger partial charge is 0.269 e. The van der Waals surface area contributed by atoms with Gasteiger partial charge in [-0.2, -0.15) is 5.10 Å². The predicted octanol–water partition coefficient (Wildman–Crippen LogP) is 2.60. The molecule has 0 aliphatic rings. The second-order valence-corrected chi connectivity index (χ2v) is 4.80. The quantitative estimate of drug-likeness (QED) is 0.523. The third-order valence-electron chi connectivity index (χ3n) is 2.99. The van der Waals surface area contributed by atoms with Crippen LogP contribution in [0.1, 0.15) is 16.7 Å². The number of hydrazone groups is 1. The second-order valence-electron chi connectivity index (χ2n) is 4.80. The molecule has 0 bridgehead atoms. The maximum Gasteiger partial charge on any atom is 0.269 e. The summed E-state index contributed by atoms with van der Waals surface area (Å²) < 4.78 is 0. The minimum Gasteiger partial charge on any atom is -0.273 e. The van der Waals surface area contributed by atoms with Crippen molar-refractivity contribution in [2.45, 2.75) is 13.3 Å². The number of benzene rings is 2. The zero-order valence-electron chi connectivity index (χ0n) is 12.0. The van der Waals surface area contributed by atoms with Gasteiger partial charge in [0.05, 0.1) is 17.6 Å². The molecule has 0 atom stereocenters. The first kappa shape index (κ1) is 15.4. The van der Waals surface area contributed by atoms with E-state index in [0.717, 1.165) is 11.1 Å². The highest BCUT2D eigenvalue weighted by Gasteiger charge is 2.06. The number of rotatable bonds is 5. The number of carbonyl (C=O) groups excluding carboxylic acids is 1. The monoisotopic (exact) mass is 297 g/mol. The van der Waals surface area contributed by atoms with Gasteiger partial charge in [-0.1, -0.05) is 42.0 Å². The number of hydrogen-bond donors (Lipinski definition) is 1. The standard InChI is InChI=1S/C16H15N3O3/c1-12-2-4-14(5-3-12)11-17-18-16(20)10-13-6-8-15(9-7-13)19(21)22/h2-9,11H,10H2,1H3,(H,18,20)/b17-11-. The lowest BCUT2D eigenvalue weighted by molar-refractivity contribution is -0.384. The molecule has 1 N–H and O–H groups in total. The van der Waals surface area contributed by atoms with Crippen molar-refractivity contribution in [2.75, 3.05) is 0 Å². The third-order valence-corrected chi connectivity index (χ3v) is 2.99. The normalized spacial score (nSPS) is 10.6. The molecule has 6 nitrogen and oxygen atoms in total. The summed E-state index contributed by atoms with van der Waals surface area (Å²) in [6.07, 6.45) is 1.68. The Bertz CT molecular complexity index is 692. The zero-order chi connectivity index (χ0) is 15.9. The van der Waals surface area contributed by atoms with E-state index < -0.39 is 4.92 Å². The Hall–Kier alpha value is -3.02. The number of nitro groups is 1. The zero-order valence-corrected chi connectivity index (χ0v) is 12.0. The lowest BCUT2D eigenvalue weighted by Crippen LogP contribution is -2.19. The van der Waals surface area contributed by atoms with E-state index in [1.165, 1.54) is 12.1 Å². The Balaban J connectivity index is 1.87. The molecule has 2 aromatic carbocycles. The van der Waals surface area contributed by atoms with Crippen molar-refractivity contribution in [3.05, 3.63) is 75.3 Å². The largest absolute Gasteiger partial charge is 0.273 e. The number of aryl methyl sites for hydroxylation is 1. The van der Waals surface area contributed by atoms with Crippen LogP contribution >= 0.6 is 0 Å². The van der Waals surface area contributed by atoms with Crippen LogP contribution in [0.2, 0.25) is 0 Å². The van der Waals surface area contributed by atoms with E-state index in [1.807, 2.05) is 31.2 Å². The molecule has 0 saturated heterocycles. The van der Waals surface area contributed by atoms with E-state index >= 15 is 0 Å². The maximum absolute atomic E-state index is 11.7. The summed E-state index contributed by atoms with van der Waals surface area (Å²) in [4.78, 5) is 21.8. The van der Waals surface area contributed by atoms with Crippen LogP contribution in [0.3, 0.4) is 0 Å². The van der Waals surface area contributed by atoms with Gasteiger partial charge in [0.2, 0.25) is 5.91 Å². The third kappa shape index (κ3) is 4.52. The van der Waals surface area contributed by atoms with E-state index in [1.54, 1.807) is 18.3 Å². The molecule has 2 rings (SSSR count). The first-order valence-corrected chi connectivity index (χ1v) is 6.66. The van der Waals surface area contributed by atoms with Crippen LogP contribution in [0, 0.1) is 17.0 Å². The number of hydrogen-bond acceptors (Lipinski definition) is 4. The fraction of sp³-hybridized carbons (Fsp3) is 0.125. The lowest BCUT2D eigenvalue weighted by atomic mass is 10.1. The molecule has 0 aliphatic heterocycles. The lowest BCUT2D eigenvalue weighted by Gasteiger charge is -2.00. The van der Waals surface area contributed by atoms with Gasteiger partial charge in [-0.15, -0.1) is 0 Å². The molecular weight excluding hydrogens is 282 g/mol. The van der Waals surface area contributed by atoms with Crippen LogP contribution in [0.5, 0.6) is 0 Å². The van der Waals surface area contributed by atoms with Crippen molar-refractivity contribution in [3.63, 3.8) is 0 Å². The highest BCUT2D eigenvalue weighted by molar-refractivity contribution is 5.83. The van der Waals surface area contributed by atoms with Crippen molar-refractivity contribution in [1.29, 1.82) is 0 Å². The summed E-state index contributed by atoms with van der Waals surface area (Å²) in [6.45, 7) is 1.99. The molecule has 2 aromatic rings. The Kier molecular flexibility index (Phi) is 4.98. The van der Waals surface area contributed by atoms with Gasteiger partial charge in [0.15, 0.2) is 0 Å². The van der Waals surface area contributed by atoms with E-state index in [9.17, 15) is 14.9 Å². The topological polar surface area (TPSA) is 84.6 Å². The molecule has 6 heteroatoms. The van der Waals surface area contributed by atoms with E-state index in [4.69, 9.17) is 0 Å². The van der Waals surface area contributed by atoms with Crippen LogP contribution in [-0.4, -0.2) is 17.0 Å². The second kappa shape index (κ2) is 7.12. The summed E-state index contributed by atoms with van der Waals surface area (Å²) >= 11 is 0. The first-order valence-electron chi connectivity index (χ1n) is 6.66. The fourth-order valence-corrected chi connectivity index (χ4v) is 1.79. The summed E-state index contributed by atoms with van der Waals surface area (Å²) in [5.74, 6) is -0.280. The minimum absolute atomic E-state index is 0.00144. The average Bonchev–Trinajstić information content (AvgIpc) is 2.50. The van der Waals surface area contributed by atoms with Gasteiger partial charge in [0, 0.05) is 12.1 Å². The van der Waals surface area contributed by atoms with Crippen molar-refractivity contribution >= 4 is 17.8 Å². The van der Waals surface area contributed by atoms with Gasteiger partial charge < -0.3 is 0 Å². The molecule has 22 heavy (non-hydrogen) atoms. The van der Waals surface area contributed by atoms with Gasteiger partial charge in [-0.3, -0.25) is 14.9 Å². The summed E-state index contributed by atoms with van der Waals surface area (Å²) in [5.41, 5.74) is 5.16. The van der Waals surface area contributed by atoms with Gasteiger partial charge in [-0.25, -0.2) is 5.43 Å². The number of nitrogens with one attached hydrogen (secondary N) is 1. The van der Waals surface area contributed by atoms with Crippen LogP contribution in [0.15, 0.2) is 53.6 Å². The molecule has 0 heterocycles. The molecule has 0 saturated carbocycles. The number of nitro benzene ring substituents is 1. The molecular formula is C16H15N3O3. The number of nitrogens with zero attached hydrogens (tertiary/aromatic N) is 2. The number of amides is 1. The van der Waals surface area contributed by atoms with Gasteiger partial charge in [-0.05, 0) is 18.1 Å². The SMILES string of the molecule is Cc1ccc(/C=N\NC(=O)Cc2ccc([N+](=O)[O-])cc2)cc1. The predicted molar refractivity (Wildman–Crippen MR) is 83.7 cm³/mol. The minimum atomic E-state index is -0.476. The van der Waals surface area contributed by atoms with E-state index in [2.05, 4.69) is 10.5 Å². The van der Waals surface area contributed by atoms with Crippen LogP contribution in [0.4, 0.5) is 5.69 Å². The van der Waals surface area contributed by atoms with Gasteiger partial charge in [0.25, 0.3) is 5.69 Å². The molecule has 0 unspecified atom stereocenters. The molecule has 1 amide bonds. The van der Waals surface area contributed by atoms with Crippen molar-refractivity contribution < 1.29 is 9.72 Å². The van der Waals surface area contributed by atoms with Crippen molar-refractivity contribution in [2.24, 2.45) is 5.10 Å². The number of carbonyl (C=O) groups is 1. The highest BCUT2D eigenvalue weighted by Crippen LogP contribution is 2.12. The van der Waals surface area contributed by atoms with Crippen LogP contribution in [-0.2, 0) is 11.2 Å². The molecule has 0 spiro atoms. The average molecular weight is 297 g/mol. The first-order chi connectivity index (χ1) is 10.5.